The van der Waals surface area contributed by atoms with Crippen molar-refractivity contribution in [3.8, 4) is 0 Å². The van der Waals surface area contributed by atoms with Gasteiger partial charge in [-0.25, -0.2) is 4.98 Å². The van der Waals surface area contributed by atoms with Crippen LogP contribution in [0.15, 0.2) is 53.0 Å². The first kappa shape index (κ1) is 18.7. The summed E-state index contributed by atoms with van der Waals surface area (Å²) in [6.07, 6.45) is 1.78. The third kappa shape index (κ3) is 5.22. The van der Waals surface area contributed by atoms with E-state index in [2.05, 4.69) is 20.9 Å². The third-order valence-corrected chi connectivity index (χ3v) is 5.48. The van der Waals surface area contributed by atoms with Crippen LogP contribution in [0.5, 0.6) is 0 Å². The second-order valence-corrected chi connectivity index (χ2v) is 7.86. The van der Waals surface area contributed by atoms with Crippen molar-refractivity contribution in [3.05, 3.63) is 63.6 Å². The second-order valence-electron chi connectivity index (χ2n) is 5.83. The molecule has 0 radical (unpaired) electrons. The molecule has 0 bridgehead atoms. The molecule has 3 aromatic rings. The fourth-order valence-electron chi connectivity index (χ4n) is 2.51. The van der Waals surface area contributed by atoms with E-state index in [4.69, 9.17) is 4.74 Å². The van der Waals surface area contributed by atoms with Gasteiger partial charge < -0.3 is 4.74 Å². The number of thiazole rings is 1. The van der Waals surface area contributed by atoms with Gasteiger partial charge >= 0.3 is 5.97 Å². The number of ether oxygens (including phenoxy) is 1. The molecule has 0 amide bonds. The molecule has 0 aliphatic rings. The molecule has 0 saturated heterocycles. The SMILES string of the molecule is O=C(CCc1nc2ccccc2s1)OCCCC(=O)c1ccc(Br)cc1. The average Bonchev–Trinajstić information content (AvgIpc) is 3.07. The predicted octanol–water partition coefficient (Wildman–Crippen LogP) is 5.20. The number of halogens is 1. The minimum atomic E-state index is -0.250. The number of para-hydroxylation sites is 1. The summed E-state index contributed by atoms with van der Waals surface area (Å²) in [5, 5.41) is 0.938. The smallest absolute Gasteiger partial charge is 0.306 e. The number of hydrogen-bond donors (Lipinski definition) is 0. The van der Waals surface area contributed by atoms with E-state index in [1.165, 1.54) is 0 Å². The van der Waals surface area contributed by atoms with E-state index in [9.17, 15) is 9.59 Å². The fraction of sp³-hybridized carbons (Fsp3) is 0.250. The Kier molecular flexibility index (Phi) is 6.52. The van der Waals surface area contributed by atoms with Crippen LogP contribution < -0.4 is 0 Å². The molecular formula is C20H18BrNO3S. The van der Waals surface area contributed by atoms with Gasteiger partial charge in [-0.1, -0.05) is 40.2 Å². The second kappa shape index (κ2) is 9.05. The molecule has 1 aromatic heterocycles. The number of nitrogens with zero attached hydrogens (tertiary/aromatic N) is 1. The molecule has 0 spiro atoms. The van der Waals surface area contributed by atoms with Crippen LogP contribution in [0.1, 0.15) is 34.6 Å². The molecule has 0 atom stereocenters. The van der Waals surface area contributed by atoms with Gasteiger partial charge in [0.25, 0.3) is 0 Å². The zero-order chi connectivity index (χ0) is 18.4. The topological polar surface area (TPSA) is 56.3 Å². The predicted molar refractivity (Wildman–Crippen MR) is 107 cm³/mol. The normalized spacial score (nSPS) is 10.8. The summed E-state index contributed by atoms with van der Waals surface area (Å²) in [5.74, 6) is -0.191. The van der Waals surface area contributed by atoms with Crippen molar-refractivity contribution in [2.75, 3.05) is 6.61 Å². The van der Waals surface area contributed by atoms with Crippen LogP contribution in [0.4, 0.5) is 0 Å². The first-order valence-electron chi connectivity index (χ1n) is 8.40. The Labute approximate surface area is 164 Å². The Bertz CT molecular complexity index is 872. The molecule has 4 nitrogen and oxygen atoms in total. The molecule has 0 aliphatic heterocycles. The summed E-state index contributed by atoms with van der Waals surface area (Å²) in [7, 11) is 0. The monoisotopic (exact) mass is 431 g/mol. The van der Waals surface area contributed by atoms with Crippen molar-refractivity contribution < 1.29 is 14.3 Å². The van der Waals surface area contributed by atoms with Crippen LogP contribution in [0.3, 0.4) is 0 Å². The van der Waals surface area contributed by atoms with Crippen LogP contribution >= 0.6 is 27.3 Å². The molecule has 0 saturated carbocycles. The largest absolute Gasteiger partial charge is 0.466 e. The molecule has 1 heterocycles. The average molecular weight is 432 g/mol. The van der Waals surface area contributed by atoms with Crippen LogP contribution in [0.25, 0.3) is 10.2 Å². The van der Waals surface area contributed by atoms with Gasteiger partial charge in [-0.15, -0.1) is 11.3 Å². The molecule has 0 aliphatic carbocycles. The highest BCUT2D eigenvalue weighted by molar-refractivity contribution is 9.10. The Morgan fingerprint density at radius 1 is 1.04 bits per heavy atom. The Morgan fingerprint density at radius 2 is 1.81 bits per heavy atom. The van der Waals surface area contributed by atoms with Gasteiger partial charge in [0.05, 0.1) is 28.3 Å². The summed E-state index contributed by atoms with van der Waals surface area (Å²) in [5.41, 5.74) is 1.64. The number of carbonyl (C=O) groups is 2. The van der Waals surface area contributed by atoms with E-state index in [1.54, 1.807) is 23.5 Å². The summed E-state index contributed by atoms with van der Waals surface area (Å²) in [6, 6.07) is 15.2. The van der Waals surface area contributed by atoms with Gasteiger partial charge in [0.15, 0.2) is 5.78 Å². The first-order valence-corrected chi connectivity index (χ1v) is 10.0. The van der Waals surface area contributed by atoms with E-state index >= 15 is 0 Å². The van der Waals surface area contributed by atoms with Crippen LogP contribution in [-0.4, -0.2) is 23.3 Å². The minimum absolute atomic E-state index is 0.0584. The van der Waals surface area contributed by atoms with Gasteiger partial charge in [0.2, 0.25) is 0 Å². The third-order valence-electron chi connectivity index (χ3n) is 3.86. The lowest BCUT2D eigenvalue weighted by atomic mass is 10.1. The Morgan fingerprint density at radius 3 is 2.58 bits per heavy atom. The van der Waals surface area contributed by atoms with Crippen molar-refractivity contribution >= 4 is 49.2 Å². The highest BCUT2D eigenvalue weighted by atomic mass is 79.9. The Hall–Kier alpha value is -2.05. The van der Waals surface area contributed by atoms with E-state index in [0.717, 1.165) is 19.7 Å². The molecule has 3 rings (SSSR count). The van der Waals surface area contributed by atoms with Crippen LogP contribution in [0.2, 0.25) is 0 Å². The maximum atomic E-state index is 12.0. The number of fused-ring (bicyclic) bond motifs is 1. The first-order chi connectivity index (χ1) is 12.6. The lowest BCUT2D eigenvalue weighted by Crippen LogP contribution is -2.08. The summed E-state index contributed by atoms with van der Waals surface area (Å²) in [4.78, 5) is 28.4. The van der Waals surface area contributed by atoms with Gasteiger partial charge in [-0.05, 0) is 30.7 Å². The van der Waals surface area contributed by atoms with Crippen LogP contribution in [-0.2, 0) is 16.0 Å². The number of ketones is 1. The standard InChI is InChI=1S/C20H18BrNO3S/c21-15-9-7-14(8-10-15)17(23)5-3-13-25-20(24)12-11-19-22-16-4-1-2-6-18(16)26-19/h1-2,4,6-10H,3,5,11-13H2. The number of esters is 1. The van der Waals surface area contributed by atoms with Gasteiger partial charge in [0.1, 0.15) is 0 Å². The lowest BCUT2D eigenvalue weighted by molar-refractivity contribution is -0.143. The van der Waals surface area contributed by atoms with Crippen molar-refractivity contribution in [1.29, 1.82) is 0 Å². The summed E-state index contributed by atoms with van der Waals surface area (Å²) >= 11 is 4.95. The summed E-state index contributed by atoms with van der Waals surface area (Å²) in [6.45, 7) is 0.265. The van der Waals surface area contributed by atoms with Gasteiger partial charge in [-0.3, -0.25) is 9.59 Å². The van der Waals surface area contributed by atoms with Crippen molar-refractivity contribution in [2.24, 2.45) is 0 Å². The highest BCUT2D eigenvalue weighted by Gasteiger charge is 2.09. The molecule has 0 unspecified atom stereocenters. The quantitative estimate of drug-likeness (QED) is 0.279. The van der Waals surface area contributed by atoms with Crippen molar-refractivity contribution in [3.63, 3.8) is 0 Å². The van der Waals surface area contributed by atoms with Gasteiger partial charge in [0, 0.05) is 22.9 Å². The number of benzene rings is 2. The number of rotatable bonds is 8. The molecule has 0 fully saturated rings. The Balaban J connectivity index is 1.36. The zero-order valence-corrected chi connectivity index (χ0v) is 16.5. The maximum Gasteiger partial charge on any atom is 0.306 e. The van der Waals surface area contributed by atoms with E-state index in [0.29, 0.717) is 31.2 Å². The minimum Gasteiger partial charge on any atom is -0.466 e. The molecule has 2 aromatic carbocycles. The van der Waals surface area contributed by atoms with Gasteiger partial charge in [-0.2, -0.15) is 0 Å². The number of carbonyl (C=O) groups excluding carboxylic acids is 2. The number of hydrogen-bond acceptors (Lipinski definition) is 5. The van der Waals surface area contributed by atoms with E-state index < -0.39 is 0 Å². The number of aryl methyl sites for hydroxylation is 1. The fourth-order valence-corrected chi connectivity index (χ4v) is 3.74. The number of Topliss-reactive ketones (excluding diaryl/α,β-unsaturated/α-hetero) is 1. The van der Waals surface area contributed by atoms with Crippen LogP contribution in [0, 0.1) is 0 Å². The molecule has 6 heteroatoms. The van der Waals surface area contributed by atoms with Crippen molar-refractivity contribution in [2.45, 2.75) is 25.7 Å². The number of aromatic nitrogens is 1. The molecule has 26 heavy (non-hydrogen) atoms. The lowest BCUT2D eigenvalue weighted by Gasteiger charge is -2.04. The molecule has 0 N–H and O–H groups in total. The highest BCUT2D eigenvalue weighted by Crippen LogP contribution is 2.22. The molecule has 134 valence electrons. The summed E-state index contributed by atoms with van der Waals surface area (Å²) < 4.78 is 7.29. The van der Waals surface area contributed by atoms with E-state index in [-0.39, 0.29) is 18.4 Å². The van der Waals surface area contributed by atoms with E-state index in [1.807, 2.05) is 36.4 Å². The maximum absolute atomic E-state index is 12.0. The zero-order valence-electron chi connectivity index (χ0n) is 14.1. The van der Waals surface area contributed by atoms with Crippen molar-refractivity contribution in [1.82, 2.24) is 4.98 Å². The molecular weight excluding hydrogens is 414 g/mol.